The summed E-state index contributed by atoms with van der Waals surface area (Å²) >= 11 is 0. The molecule has 0 heterocycles. The highest BCUT2D eigenvalue weighted by Gasteiger charge is 2.16. The van der Waals surface area contributed by atoms with E-state index in [4.69, 9.17) is 5.73 Å². The summed E-state index contributed by atoms with van der Waals surface area (Å²) in [6.45, 7) is 5.94. The summed E-state index contributed by atoms with van der Waals surface area (Å²) in [6.07, 6.45) is 0. The monoisotopic (exact) mass is 243 g/mol. The maximum absolute atomic E-state index is 13.1. The summed E-state index contributed by atoms with van der Waals surface area (Å²) in [6, 6.07) is 0.820. The second kappa shape index (κ2) is 4.22. The molecule has 0 aliphatic rings. The number of rotatable bonds is 0. The van der Waals surface area contributed by atoms with Crippen LogP contribution in [0.15, 0.2) is 6.07 Å². The Morgan fingerprint density at radius 2 is 1.69 bits per heavy atom. The van der Waals surface area contributed by atoms with Gasteiger partial charge in [0.25, 0.3) is 0 Å². The Kier molecular flexibility index (Phi) is 3.34. The Morgan fingerprint density at radius 3 is 2.19 bits per heavy atom. The van der Waals surface area contributed by atoms with E-state index < -0.39 is 31.2 Å². The van der Waals surface area contributed by atoms with Crippen LogP contribution < -0.4 is 5.73 Å². The van der Waals surface area contributed by atoms with Crippen LogP contribution in [0.25, 0.3) is 0 Å². The molecule has 1 aromatic carbocycles. The molecule has 0 unspecified atom stereocenters. The molecule has 1 rings (SSSR count). The first-order chi connectivity index (χ1) is 7.22. The molecule has 0 amide bonds. The van der Waals surface area contributed by atoms with Crippen molar-refractivity contribution in [2.75, 3.05) is 5.73 Å². The van der Waals surface area contributed by atoms with Crippen molar-refractivity contribution in [2.24, 2.45) is 0 Å². The van der Waals surface area contributed by atoms with E-state index >= 15 is 0 Å². The number of nitrogens with two attached hydrogens (primary N) is 1. The number of nitrogen functional groups attached to an aromatic ring is 1. The third-order valence-corrected chi connectivity index (χ3v) is 2.65. The Morgan fingerprint density at radius 1 is 1.12 bits per heavy atom. The van der Waals surface area contributed by atoms with Gasteiger partial charge in [-0.1, -0.05) is 25.6 Å². The van der Waals surface area contributed by atoms with E-state index in [1.54, 1.807) is 0 Å². The van der Waals surface area contributed by atoms with Gasteiger partial charge in [0.1, 0.15) is 8.07 Å². The smallest absolute Gasteiger partial charge is 0.196 e. The fourth-order valence-corrected chi connectivity index (χ4v) is 1.48. The van der Waals surface area contributed by atoms with E-state index in [0.717, 1.165) is 6.07 Å². The predicted molar refractivity (Wildman–Crippen MR) is 61.0 cm³/mol. The number of hydrogen-bond acceptors (Lipinski definition) is 1. The zero-order valence-corrected chi connectivity index (χ0v) is 10.3. The van der Waals surface area contributed by atoms with Gasteiger partial charge in [-0.3, -0.25) is 0 Å². The second-order valence-electron chi connectivity index (χ2n) is 4.45. The first-order valence-electron chi connectivity index (χ1n) is 4.68. The van der Waals surface area contributed by atoms with Gasteiger partial charge in [-0.15, -0.1) is 5.54 Å². The van der Waals surface area contributed by atoms with Crippen molar-refractivity contribution >= 4 is 13.8 Å². The highest BCUT2D eigenvalue weighted by Crippen LogP contribution is 2.21. The largest absolute Gasteiger partial charge is 0.395 e. The van der Waals surface area contributed by atoms with Gasteiger partial charge in [0.05, 0.1) is 11.3 Å². The topological polar surface area (TPSA) is 26.0 Å². The SMILES string of the molecule is C[Si](C)(C)C#Cc1cc(F)c(F)c(F)c1N. The highest BCUT2D eigenvalue weighted by atomic mass is 28.3. The Labute approximate surface area is 93.5 Å². The third kappa shape index (κ3) is 2.80. The molecule has 0 fully saturated rings. The summed E-state index contributed by atoms with van der Waals surface area (Å²) in [7, 11) is -1.67. The first-order valence-corrected chi connectivity index (χ1v) is 8.18. The summed E-state index contributed by atoms with van der Waals surface area (Å²) in [5.41, 5.74) is 7.78. The molecule has 0 radical (unpaired) electrons. The second-order valence-corrected chi connectivity index (χ2v) is 9.20. The van der Waals surface area contributed by atoms with Crippen LogP contribution in [0, 0.1) is 28.9 Å². The maximum atomic E-state index is 13.1. The molecule has 0 aromatic heterocycles. The summed E-state index contributed by atoms with van der Waals surface area (Å²) < 4.78 is 38.8. The summed E-state index contributed by atoms with van der Waals surface area (Å²) in [5.74, 6) is -1.60. The molecule has 0 spiro atoms. The van der Waals surface area contributed by atoms with Crippen LogP contribution in [0.3, 0.4) is 0 Å². The molecular weight excluding hydrogens is 231 g/mol. The third-order valence-electron chi connectivity index (χ3n) is 1.77. The van der Waals surface area contributed by atoms with Crippen molar-refractivity contribution in [3.8, 4) is 11.5 Å². The molecular formula is C11H12F3NSi. The van der Waals surface area contributed by atoms with Crippen molar-refractivity contribution in [1.29, 1.82) is 0 Å². The molecule has 0 atom stereocenters. The van der Waals surface area contributed by atoms with Gasteiger partial charge in [0.15, 0.2) is 17.5 Å². The van der Waals surface area contributed by atoms with Crippen LogP contribution in [0.2, 0.25) is 19.6 Å². The van der Waals surface area contributed by atoms with Gasteiger partial charge in [-0.25, -0.2) is 13.2 Å². The van der Waals surface area contributed by atoms with Gasteiger partial charge in [-0.05, 0) is 6.07 Å². The van der Waals surface area contributed by atoms with E-state index in [9.17, 15) is 13.2 Å². The first kappa shape index (κ1) is 12.7. The summed E-state index contributed by atoms with van der Waals surface area (Å²) in [5, 5.41) is 0. The molecule has 0 aliphatic heterocycles. The van der Waals surface area contributed by atoms with Crippen LogP contribution in [0.1, 0.15) is 5.56 Å². The minimum atomic E-state index is -1.67. The van der Waals surface area contributed by atoms with Crippen LogP contribution >= 0.6 is 0 Å². The average molecular weight is 243 g/mol. The predicted octanol–water partition coefficient (Wildman–Crippen LogP) is 2.92. The molecule has 1 nitrogen and oxygen atoms in total. The van der Waals surface area contributed by atoms with Crippen LogP contribution in [0.5, 0.6) is 0 Å². The molecule has 0 saturated carbocycles. The number of hydrogen-bond donors (Lipinski definition) is 1. The quantitative estimate of drug-likeness (QED) is 0.322. The molecule has 16 heavy (non-hydrogen) atoms. The van der Waals surface area contributed by atoms with E-state index in [1.807, 2.05) is 19.6 Å². The number of anilines is 1. The van der Waals surface area contributed by atoms with E-state index in [2.05, 4.69) is 11.5 Å². The lowest BCUT2D eigenvalue weighted by atomic mass is 10.1. The lowest BCUT2D eigenvalue weighted by Gasteiger charge is -2.05. The van der Waals surface area contributed by atoms with Crippen molar-refractivity contribution in [1.82, 2.24) is 0 Å². The van der Waals surface area contributed by atoms with Crippen molar-refractivity contribution in [3.63, 3.8) is 0 Å². The van der Waals surface area contributed by atoms with Gasteiger partial charge in [0.2, 0.25) is 0 Å². The number of benzene rings is 1. The van der Waals surface area contributed by atoms with Crippen LogP contribution in [0.4, 0.5) is 18.9 Å². The lowest BCUT2D eigenvalue weighted by molar-refractivity contribution is 0.449. The van der Waals surface area contributed by atoms with Crippen LogP contribution in [-0.4, -0.2) is 8.07 Å². The molecule has 0 bridgehead atoms. The van der Waals surface area contributed by atoms with Crippen molar-refractivity contribution < 1.29 is 13.2 Å². The fraction of sp³-hybridized carbons (Fsp3) is 0.273. The van der Waals surface area contributed by atoms with Gasteiger partial charge < -0.3 is 5.73 Å². The molecule has 2 N–H and O–H groups in total. The van der Waals surface area contributed by atoms with Crippen LogP contribution in [-0.2, 0) is 0 Å². The van der Waals surface area contributed by atoms with Gasteiger partial charge >= 0.3 is 0 Å². The normalized spacial score (nSPS) is 10.9. The lowest BCUT2D eigenvalue weighted by Crippen LogP contribution is -2.16. The van der Waals surface area contributed by atoms with Crippen molar-refractivity contribution in [3.05, 3.63) is 29.1 Å². The summed E-state index contributed by atoms with van der Waals surface area (Å²) in [4.78, 5) is 0. The molecule has 5 heteroatoms. The minimum absolute atomic E-state index is 0.00109. The number of halogens is 3. The maximum Gasteiger partial charge on any atom is 0.196 e. The zero-order valence-electron chi connectivity index (χ0n) is 9.29. The minimum Gasteiger partial charge on any atom is -0.395 e. The van der Waals surface area contributed by atoms with E-state index in [-0.39, 0.29) is 5.56 Å². The van der Waals surface area contributed by atoms with E-state index in [1.165, 1.54) is 0 Å². The highest BCUT2D eigenvalue weighted by molar-refractivity contribution is 6.83. The molecule has 0 aliphatic carbocycles. The Hall–Kier alpha value is -1.41. The Balaban J connectivity index is 3.31. The molecule has 0 saturated heterocycles. The van der Waals surface area contributed by atoms with E-state index in [0.29, 0.717) is 0 Å². The average Bonchev–Trinajstić information content (AvgIpc) is 2.17. The standard InChI is InChI=1S/C11H12F3NSi/c1-16(2,3)5-4-7-6-8(12)9(13)10(14)11(7)15/h6H,15H2,1-3H3. The molecule has 86 valence electrons. The van der Waals surface area contributed by atoms with Gasteiger partial charge in [0, 0.05) is 0 Å². The zero-order chi connectivity index (χ0) is 12.5. The van der Waals surface area contributed by atoms with Gasteiger partial charge in [-0.2, -0.15) is 0 Å². The Bertz CT molecular complexity index is 481. The van der Waals surface area contributed by atoms with Crippen molar-refractivity contribution in [2.45, 2.75) is 19.6 Å². The fourth-order valence-electron chi connectivity index (χ4n) is 0.967. The molecule has 1 aromatic rings.